The molecule has 0 unspecified atom stereocenters. The van der Waals surface area contributed by atoms with E-state index in [9.17, 15) is 39.1 Å². The molecule has 3 heterocycles. The molecule has 0 aromatic heterocycles. The maximum atomic E-state index is 14.5. The van der Waals surface area contributed by atoms with Crippen molar-refractivity contribution in [1.29, 1.82) is 0 Å². The number of nitrogens with zero attached hydrogens (tertiary/aromatic N) is 1. The number of rotatable bonds is 8. The number of Topliss-reactive ketones (excluding diaryl/α,β-unsaturated/α-hetero) is 3. The predicted octanol–water partition coefficient (Wildman–Crippen LogP) is 7.04. The van der Waals surface area contributed by atoms with Crippen LogP contribution >= 0.6 is 7.72 Å². The molecule has 1 amide bonds. The van der Waals surface area contributed by atoms with Crippen LogP contribution in [0.2, 0.25) is 0 Å². The van der Waals surface area contributed by atoms with Crippen LogP contribution in [0.15, 0.2) is 47.6 Å². The molecule has 16 heteroatoms. The van der Waals surface area contributed by atoms with Gasteiger partial charge in [0.2, 0.25) is 5.79 Å². The van der Waals surface area contributed by atoms with Crippen molar-refractivity contribution in [2.75, 3.05) is 41.2 Å². The fourth-order valence-corrected chi connectivity index (χ4v) is 11.6. The van der Waals surface area contributed by atoms with Gasteiger partial charge < -0.3 is 24.4 Å². The molecule has 3 fully saturated rings. The third kappa shape index (κ3) is 16.3. The number of esters is 1. The number of aliphatic hydroxyl groups is 2. The van der Waals surface area contributed by atoms with Gasteiger partial charge in [-0.15, -0.1) is 0 Å². The van der Waals surface area contributed by atoms with E-state index in [1.54, 1.807) is 54.4 Å². The van der Waals surface area contributed by atoms with Crippen molar-refractivity contribution in [2.45, 2.75) is 180 Å². The van der Waals surface area contributed by atoms with E-state index >= 15 is 0 Å². The number of ketones is 3. The van der Waals surface area contributed by atoms with Crippen LogP contribution in [0.25, 0.3) is 0 Å². The Morgan fingerprint density at radius 3 is 2.22 bits per heavy atom. The van der Waals surface area contributed by atoms with Crippen LogP contribution in [0.5, 0.6) is 0 Å². The van der Waals surface area contributed by atoms with Gasteiger partial charge in [0.25, 0.3) is 11.7 Å². The molecule has 15 atom stereocenters. The van der Waals surface area contributed by atoms with Crippen LogP contribution in [0.1, 0.15) is 126 Å². The Hall–Kier alpha value is -2.98. The van der Waals surface area contributed by atoms with E-state index in [4.69, 9.17) is 28.2 Å². The van der Waals surface area contributed by atoms with Gasteiger partial charge in [0.05, 0.1) is 12.2 Å². The Bertz CT molecular complexity index is 1870. The van der Waals surface area contributed by atoms with E-state index in [0.717, 1.165) is 12.0 Å². The zero-order valence-corrected chi connectivity index (χ0v) is 44.5. The molecule has 2 bridgehead atoms. The Morgan fingerprint density at radius 2 is 1.57 bits per heavy atom. The Morgan fingerprint density at radius 1 is 0.855 bits per heavy atom. The zero-order valence-electron chi connectivity index (χ0n) is 43.5. The van der Waals surface area contributed by atoms with Crippen molar-refractivity contribution < 1.29 is 67.3 Å². The Labute approximate surface area is 412 Å². The number of hydrogen-bond donors (Lipinski definition) is 3. The summed E-state index contributed by atoms with van der Waals surface area (Å²) in [6, 6.07) is -1.15. The fraction of sp³-hybridized carbons (Fsp3) is 0.755. The van der Waals surface area contributed by atoms with E-state index in [0.29, 0.717) is 63.4 Å². The number of fused-ring (bicyclic) bond motifs is 3. The van der Waals surface area contributed by atoms with E-state index in [2.05, 4.69) is 0 Å². The molecular weight excluding hydrogens is 906 g/mol. The molecule has 1 saturated carbocycles. The molecule has 392 valence electrons. The second-order valence-electron chi connectivity index (χ2n) is 21.1. The second kappa shape index (κ2) is 26.6. The minimum absolute atomic E-state index is 0.0142. The van der Waals surface area contributed by atoms with Crippen LogP contribution < -0.4 is 0 Å². The minimum atomic E-state index is -2.84. The predicted molar refractivity (Wildman–Crippen MR) is 266 cm³/mol. The van der Waals surface area contributed by atoms with Gasteiger partial charge >= 0.3 is 174 Å². The summed E-state index contributed by atoms with van der Waals surface area (Å²) in [6.07, 6.45) is 11.7. The minimum Gasteiger partial charge on any atom is -0.386 e. The molecule has 0 aromatic carbocycles. The fourth-order valence-electron chi connectivity index (χ4n) is 10.6. The van der Waals surface area contributed by atoms with Gasteiger partial charge in [0.1, 0.15) is 12.2 Å². The van der Waals surface area contributed by atoms with Crippen molar-refractivity contribution in [3.8, 4) is 0 Å². The maximum absolute atomic E-state index is 14.5. The van der Waals surface area contributed by atoms with Crippen LogP contribution in [0.4, 0.5) is 0 Å². The molecule has 3 aliphatic heterocycles. The van der Waals surface area contributed by atoms with Gasteiger partial charge in [-0.3, -0.25) is 14.4 Å². The summed E-state index contributed by atoms with van der Waals surface area (Å²) >= 11 is 0. The molecule has 0 radical (unpaired) electrons. The number of carbonyl (C=O) groups excluding carboxylic acids is 5. The summed E-state index contributed by atoms with van der Waals surface area (Å²) in [5, 5.41) is 23.5. The average molecular weight is 992 g/mol. The number of carbonyl (C=O) groups is 5. The summed E-state index contributed by atoms with van der Waals surface area (Å²) in [7, 11) is 1.74. The molecule has 3 N–H and O–H groups in total. The van der Waals surface area contributed by atoms with E-state index in [1.807, 2.05) is 58.1 Å². The van der Waals surface area contributed by atoms with Crippen molar-refractivity contribution in [2.24, 2.45) is 35.5 Å². The number of methoxy groups -OCH3 is 3. The topological polar surface area (TPSA) is 205 Å². The number of allylic oxidation sites excluding steroid dienone is 6. The summed E-state index contributed by atoms with van der Waals surface area (Å²) in [5.41, 5.74) is 1.26. The molecule has 1 aliphatic carbocycles. The average Bonchev–Trinajstić information content (AvgIpc) is 3.30. The van der Waals surface area contributed by atoms with Gasteiger partial charge in [-0.25, -0.2) is 0 Å². The van der Waals surface area contributed by atoms with Crippen molar-refractivity contribution in [1.82, 2.24) is 4.90 Å². The monoisotopic (exact) mass is 992 g/mol. The molecule has 69 heavy (non-hydrogen) atoms. The van der Waals surface area contributed by atoms with Crippen molar-refractivity contribution in [3.63, 3.8) is 0 Å². The Balaban J connectivity index is 1.70. The number of piperidine rings is 1. The van der Waals surface area contributed by atoms with Gasteiger partial charge in [-0.05, 0) is 63.0 Å². The van der Waals surface area contributed by atoms with Gasteiger partial charge in [0, 0.05) is 39.0 Å². The first-order valence-corrected chi connectivity index (χ1v) is 28.2. The first kappa shape index (κ1) is 58.6. The normalized spacial score (nSPS) is 39.3. The summed E-state index contributed by atoms with van der Waals surface area (Å²) in [5.74, 6) is -8.02. The van der Waals surface area contributed by atoms with E-state index in [1.165, 1.54) is 12.0 Å². The quantitative estimate of drug-likeness (QED) is 0.0967. The first-order chi connectivity index (χ1) is 32.4. The summed E-state index contributed by atoms with van der Waals surface area (Å²) in [6.45, 7) is 16.2. The summed E-state index contributed by atoms with van der Waals surface area (Å²) in [4.78, 5) is 82.8. The molecule has 4 aliphatic rings. The van der Waals surface area contributed by atoms with Gasteiger partial charge in [-0.2, -0.15) is 0 Å². The number of hydrogen-bond acceptors (Lipinski definition) is 14. The van der Waals surface area contributed by atoms with Crippen molar-refractivity contribution in [3.05, 3.63) is 47.6 Å². The third-order valence-electron chi connectivity index (χ3n) is 14.9. The van der Waals surface area contributed by atoms with Crippen LogP contribution in [-0.2, 0) is 52.2 Å². The van der Waals surface area contributed by atoms with Gasteiger partial charge in [0.15, 0.2) is 5.78 Å². The molecular formula is C53H86NO14P. The van der Waals surface area contributed by atoms with Crippen molar-refractivity contribution >= 4 is 36.9 Å². The number of ether oxygens (including phenoxy) is 5. The molecule has 4 rings (SSSR count). The molecule has 0 aromatic rings. The molecule has 15 nitrogen and oxygen atoms in total. The number of amides is 1. The van der Waals surface area contributed by atoms with Crippen LogP contribution in [0, 0.1) is 35.5 Å². The number of cyclic esters (lactones) is 1. The van der Waals surface area contributed by atoms with Gasteiger partial charge in [-0.1, -0.05) is 51.2 Å². The molecule has 0 spiro atoms. The van der Waals surface area contributed by atoms with E-state index < -0.39 is 85.5 Å². The SMILES string of the molecule is CO[C@H]1C[C@@H]2CC[C@@H](C)[C@@](O)(O2)C(=O)C(=O)N2CCCC[C@H]2C(=O)O[C@H]([C@H](C)C[C@@H]2CC[C@@H](O[PH](C)(C)O)[C@H](OC)C2)CC(=O)[C@H](C)/C=C(\C)[C@@H](O)[C@@H](OC)C(=O)[C@H](C)C[C@H](C)/C=C/C=C/C=C/1C. The Kier molecular flexibility index (Phi) is 22.6. The standard InChI is InChI=1S/C53H86NO14P/c1-32-18-14-13-15-19-33(2)44(63-8)30-40-23-21-38(7)53(61,67-40)50(58)51(59)54-25-17-16-20-41(54)52(60)66-45(35(4)28-39-22-24-43(46(29-39)64-9)68-69(11,12)62)31-42(55)34(3)27-37(6)48(57)49(65-10)47(56)36(5)26-32/h13-15,18-19,27,32,34-36,38-41,43-46,48-49,57,61-62,69H,16-17,20-26,28-31H2,1-12H3/b15-13+,18-14+,33-19+,37-27+/t32-,34-,35-,36-,38-,39+,40+,41+,43-,44+,45+,46-,48-,49+,53-/m1/s1. The molecule has 2 saturated heterocycles. The van der Waals surface area contributed by atoms with Crippen LogP contribution in [-0.4, -0.2) is 145 Å². The smallest absolute Gasteiger partial charge is 0.386 e. The first-order valence-electron chi connectivity index (χ1n) is 25.3. The summed E-state index contributed by atoms with van der Waals surface area (Å²) < 4.78 is 35.8. The third-order valence-corrected chi connectivity index (χ3v) is 15.8. The number of aliphatic hydroxyl groups excluding tert-OH is 1. The van der Waals surface area contributed by atoms with Crippen LogP contribution in [0.3, 0.4) is 0 Å². The zero-order chi connectivity index (χ0) is 51.4. The second-order valence-corrected chi connectivity index (χ2v) is 24.3. The van der Waals surface area contributed by atoms with E-state index in [-0.39, 0.29) is 60.9 Å².